The highest BCUT2D eigenvalue weighted by molar-refractivity contribution is 5.95. The number of nitrogens with zero attached hydrogens (tertiary/aromatic N) is 1. The maximum absolute atomic E-state index is 11.2. The monoisotopic (exact) mass is 263 g/mol. The second kappa shape index (κ2) is 5.51. The number of carboxylic acid groups (broad SMARTS) is 1. The predicted molar refractivity (Wildman–Crippen MR) is 67.5 cm³/mol. The van der Waals surface area contributed by atoms with E-state index in [0.29, 0.717) is 0 Å². The number of ether oxygens (including phenoxy) is 1. The summed E-state index contributed by atoms with van der Waals surface area (Å²) in [6, 6.07) is 4.03. The molecule has 0 radical (unpaired) electrons. The number of carboxylic acids is 1. The van der Waals surface area contributed by atoms with Gasteiger partial charge in [0.05, 0.1) is 4.92 Å². The topological polar surface area (TPSA) is 89.7 Å². The highest BCUT2D eigenvalue weighted by Crippen LogP contribution is 2.30. The number of hydrogen-bond acceptors (Lipinski definition) is 4. The first-order valence-electron chi connectivity index (χ1n) is 5.93. The molecule has 1 aliphatic rings. The van der Waals surface area contributed by atoms with Crippen LogP contribution in [0.2, 0.25) is 0 Å². The lowest BCUT2D eigenvalue weighted by Crippen LogP contribution is -2.18. The van der Waals surface area contributed by atoms with E-state index >= 15 is 0 Å². The zero-order valence-electron chi connectivity index (χ0n) is 10.1. The van der Waals surface area contributed by atoms with E-state index in [0.717, 1.165) is 25.3 Å². The van der Waals surface area contributed by atoms with Gasteiger partial charge in [0.1, 0.15) is 11.9 Å². The van der Waals surface area contributed by atoms with Crippen molar-refractivity contribution >= 4 is 11.7 Å². The molecule has 0 fully saturated rings. The summed E-state index contributed by atoms with van der Waals surface area (Å²) in [6.07, 6.45) is 6.30. The van der Waals surface area contributed by atoms with E-state index in [4.69, 9.17) is 9.84 Å². The van der Waals surface area contributed by atoms with Crippen LogP contribution in [0.1, 0.15) is 29.6 Å². The van der Waals surface area contributed by atoms with Crippen molar-refractivity contribution in [3.05, 3.63) is 46.0 Å². The van der Waals surface area contributed by atoms with Crippen LogP contribution >= 0.6 is 0 Å². The molecule has 6 heteroatoms. The number of benzene rings is 1. The van der Waals surface area contributed by atoms with Crippen LogP contribution in [0.25, 0.3) is 0 Å². The molecule has 1 unspecified atom stereocenters. The van der Waals surface area contributed by atoms with E-state index in [1.165, 1.54) is 12.1 Å². The van der Waals surface area contributed by atoms with Crippen molar-refractivity contribution in [2.75, 3.05) is 0 Å². The third kappa shape index (κ3) is 2.90. The molecule has 19 heavy (non-hydrogen) atoms. The Morgan fingerprint density at radius 1 is 1.47 bits per heavy atom. The smallest absolute Gasteiger partial charge is 0.346 e. The Morgan fingerprint density at radius 2 is 2.26 bits per heavy atom. The zero-order chi connectivity index (χ0) is 13.8. The normalized spacial score (nSPS) is 18.0. The fourth-order valence-electron chi connectivity index (χ4n) is 2.03. The predicted octanol–water partition coefficient (Wildman–Crippen LogP) is 2.78. The summed E-state index contributed by atoms with van der Waals surface area (Å²) in [5.74, 6) is -1.32. The van der Waals surface area contributed by atoms with Crippen LogP contribution in [0.4, 0.5) is 5.69 Å². The highest BCUT2D eigenvalue weighted by Gasteiger charge is 2.26. The Morgan fingerprint density at radius 3 is 2.84 bits per heavy atom. The van der Waals surface area contributed by atoms with E-state index < -0.39 is 22.1 Å². The third-order valence-electron chi connectivity index (χ3n) is 2.90. The fraction of sp³-hybridized carbons (Fsp3) is 0.308. The molecule has 6 nitrogen and oxygen atoms in total. The number of nitro benzene ring substituents is 1. The molecule has 0 saturated heterocycles. The summed E-state index contributed by atoms with van der Waals surface area (Å²) < 4.78 is 5.57. The molecule has 0 aliphatic heterocycles. The molecule has 1 aromatic carbocycles. The largest absolute Gasteiger partial charge is 0.485 e. The van der Waals surface area contributed by atoms with E-state index in [9.17, 15) is 14.9 Å². The van der Waals surface area contributed by atoms with Gasteiger partial charge in [0, 0.05) is 6.07 Å². The van der Waals surface area contributed by atoms with Crippen LogP contribution < -0.4 is 4.74 Å². The van der Waals surface area contributed by atoms with Crippen molar-refractivity contribution in [1.82, 2.24) is 0 Å². The molecule has 1 atom stereocenters. The molecular formula is C13H13NO5. The minimum Gasteiger partial charge on any atom is -0.485 e. The van der Waals surface area contributed by atoms with E-state index in [1.807, 2.05) is 12.2 Å². The van der Waals surface area contributed by atoms with Crippen LogP contribution in [-0.4, -0.2) is 22.1 Å². The molecule has 0 bridgehead atoms. The number of aromatic carboxylic acids is 1. The van der Waals surface area contributed by atoms with Gasteiger partial charge in [0.2, 0.25) is 0 Å². The lowest BCUT2D eigenvalue weighted by molar-refractivity contribution is -0.385. The van der Waals surface area contributed by atoms with Crippen molar-refractivity contribution in [2.45, 2.75) is 25.4 Å². The maximum Gasteiger partial charge on any atom is 0.346 e. The van der Waals surface area contributed by atoms with Crippen molar-refractivity contribution in [3.63, 3.8) is 0 Å². The average molecular weight is 263 g/mol. The summed E-state index contributed by atoms with van der Waals surface area (Å²) >= 11 is 0. The standard InChI is InChI=1S/C13H13NO5/c15-13(16)12-10(14(17)18)7-4-8-11(12)19-9-5-2-1-3-6-9/h2,4-5,7-9H,1,3,6H2,(H,15,16). The van der Waals surface area contributed by atoms with Gasteiger partial charge in [0.15, 0.2) is 5.56 Å². The fourth-order valence-corrected chi connectivity index (χ4v) is 2.03. The summed E-state index contributed by atoms with van der Waals surface area (Å²) in [5.41, 5.74) is -0.851. The van der Waals surface area contributed by atoms with Gasteiger partial charge in [0.25, 0.3) is 5.69 Å². The first-order chi connectivity index (χ1) is 9.09. The van der Waals surface area contributed by atoms with Crippen molar-refractivity contribution in [3.8, 4) is 5.75 Å². The second-order valence-electron chi connectivity index (χ2n) is 4.23. The number of carbonyl (C=O) groups is 1. The highest BCUT2D eigenvalue weighted by atomic mass is 16.6. The van der Waals surface area contributed by atoms with Gasteiger partial charge >= 0.3 is 5.97 Å². The Balaban J connectivity index is 2.36. The molecule has 1 aromatic rings. The summed E-state index contributed by atoms with van der Waals surface area (Å²) in [4.78, 5) is 21.3. The van der Waals surface area contributed by atoms with Crippen LogP contribution in [0.5, 0.6) is 5.75 Å². The summed E-state index contributed by atoms with van der Waals surface area (Å²) in [6.45, 7) is 0. The molecule has 0 saturated carbocycles. The zero-order valence-corrected chi connectivity index (χ0v) is 10.1. The van der Waals surface area contributed by atoms with Gasteiger partial charge in [-0.2, -0.15) is 0 Å². The summed E-state index contributed by atoms with van der Waals surface area (Å²) in [7, 11) is 0. The molecule has 2 rings (SSSR count). The molecule has 100 valence electrons. The lowest BCUT2D eigenvalue weighted by atomic mass is 10.0. The number of rotatable bonds is 4. The Bertz CT molecular complexity index is 538. The number of nitro groups is 1. The first-order valence-corrected chi connectivity index (χ1v) is 5.93. The van der Waals surface area contributed by atoms with E-state index in [2.05, 4.69) is 0 Å². The van der Waals surface area contributed by atoms with Gasteiger partial charge in [-0.05, 0) is 31.4 Å². The molecule has 0 amide bonds. The minimum atomic E-state index is -1.36. The van der Waals surface area contributed by atoms with Gasteiger partial charge < -0.3 is 9.84 Å². The minimum absolute atomic E-state index is 0.0400. The van der Waals surface area contributed by atoms with Crippen molar-refractivity contribution in [1.29, 1.82) is 0 Å². The maximum atomic E-state index is 11.2. The first kappa shape index (κ1) is 13.1. The van der Waals surface area contributed by atoms with E-state index in [-0.39, 0.29) is 11.9 Å². The number of allylic oxidation sites excluding steroid dienone is 1. The SMILES string of the molecule is O=C(O)c1c(OC2C=CCCC2)cccc1[N+](=O)[O-]. The van der Waals surface area contributed by atoms with E-state index in [1.54, 1.807) is 0 Å². The molecule has 1 aliphatic carbocycles. The Labute approximate surface area is 109 Å². The van der Waals surface area contributed by atoms with Gasteiger partial charge in [-0.15, -0.1) is 0 Å². The third-order valence-corrected chi connectivity index (χ3v) is 2.90. The number of hydrogen-bond donors (Lipinski definition) is 1. The van der Waals surface area contributed by atoms with Crippen LogP contribution in [-0.2, 0) is 0 Å². The average Bonchev–Trinajstić information content (AvgIpc) is 2.39. The molecule has 0 heterocycles. The molecule has 0 spiro atoms. The Hall–Kier alpha value is -2.37. The second-order valence-corrected chi connectivity index (χ2v) is 4.23. The quantitative estimate of drug-likeness (QED) is 0.512. The Kier molecular flexibility index (Phi) is 3.79. The van der Waals surface area contributed by atoms with Crippen LogP contribution in [0, 0.1) is 10.1 Å². The molecule has 0 aromatic heterocycles. The van der Waals surface area contributed by atoms with Crippen molar-refractivity contribution in [2.24, 2.45) is 0 Å². The summed E-state index contributed by atoms with van der Waals surface area (Å²) in [5, 5.41) is 20.0. The van der Waals surface area contributed by atoms with Crippen LogP contribution in [0.3, 0.4) is 0 Å². The van der Waals surface area contributed by atoms with Gasteiger partial charge in [-0.25, -0.2) is 4.79 Å². The molecular weight excluding hydrogens is 250 g/mol. The van der Waals surface area contributed by atoms with Gasteiger partial charge in [-0.3, -0.25) is 10.1 Å². The van der Waals surface area contributed by atoms with Crippen molar-refractivity contribution < 1.29 is 19.6 Å². The van der Waals surface area contributed by atoms with Crippen LogP contribution in [0.15, 0.2) is 30.4 Å². The lowest BCUT2D eigenvalue weighted by Gasteiger charge is -2.19. The van der Waals surface area contributed by atoms with Gasteiger partial charge in [-0.1, -0.05) is 12.1 Å². The molecule has 1 N–H and O–H groups in total.